The third-order valence-corrected chi connectivity index (χ3v) is 7.28. The van der Waals surface area contributed by atoms with Gasteiger partial charge >= 0.3 is 0 Å². The molecular weight excluding hydrogens is 342 g/mol. The van der Waals surface area contributed by atoms with Crippen LogP contribution < -0.4 is 0 Å². The van der Waals surface area contributed by atoms with Gasteiger partial charge in [0.25, 0.3) is 0 Å². The van der Waals surface area contributed by atoms with Crippen LogP contribution in [0.15, 0.2) is 4.52 Å². The number of nitrogens with zero attached hydrogens (tertiary/aromatic N) is 3. The largest absolute Gasteiger partial charge is 0.340 e. The van der Waals surface area contributed by atoms with Gasteiger partial charge < -0.3 is 9.42 Å². The summed E-state index contributed by atoms with van der Waals surface area (Å²) in [4.78, 5) is 18.3. The second-order valence-corrected chi connectivity index (χ2v) is 10.3. The van der Waals surface area contributed by atoms with Gasteiger partial charge in [-0.1, -0.05) is 31.8 Å². The Morgan fingerprint density at radius 2 is 2.00 bits per heavy atom. The number of rotatable bonds is 4. The van der Waals surface area contributed by atoms with Crippen molar-refractivity contribution >= 4 is 15.7 Å². The lowest BCUT2D eigenvalue weighted by molar-refractivity contribution is -0.130. The SMILES string of the molecule is CC1(C)CCCCC1Cc1nc(CC(=O)N2CCS(=O)(=O)CC2)no1. The van der Waals surface area contributed by atoms with Crippen molar-refractivity contribution in [1.82, 2.24) is 15.0 Å². The van der Waals surface area contributed by atoms with Crippen molar-refractivity contribution in [3.63, 3.8) is 0 Å². The lowest BCUT2D eigenvalue weighted by atomic mass is 9.67. The Kier molecular flexibility index (Phi) is 5.18. The van der Waals surface area contributed by atoms with Crippen molar-refractivity contribution in [3.05, 3.63) is 11.7 Å². The van der Waals surface area contributed by atoms with Crippen LogP contribution >= 0.6 is 0 Å². The fourth-order valence-electron chi connectivity index (χ4n) is 3.81. The predicted octanol–water partition coefficient (Wildman–Crippen LogP) is 1.63. The quantitative estimate of drug-likeness (QED) is 0.801. The van der Waals surface area contributed by atoms with Crippen molar-refractivity contribution in [2.45, 2.75) is 52.4 Å². The Morgan fingerprint density at radius 3 is 2.68 bits per heavy atom. The monoisotopic (exact) mass is 369 g/mol. The molecule has 2 aliphatic rings. The average Bonchev–Trinajstić information content (AvgIpc) is 2.96. The minimum atomic E-state index is -2.99. The fourth-order valence-corrected chi connectivity index (χ4v) is 5.01. The highest BCUT2D eigenvalue weighted by Gasteiger charge is 2.33. The highest BCUT2D eigenvalue weighted by atomic mass is 32.2. The molecule has 0 aromatic carbocycles. The number of hydrogen-bond acceptors (Lipinski definition) is 6. The van der Waals surface area contributed by atoms with Crippen molar-refractivity contribution in [2.24, 2.45) is 11.3 Å². The molecule has 1 aromatic heterocycles. The fraction of sp³-hybridized carbons (Fsp3) is 0.824. The van der Waals surface area contributed by atoms with Crippen molar-refractivity contribution in [3.8, 4) is 0 Å². The summed E-state index contributed by atoms with van der Waals surface area (Å²) in [6, 6.07) is 0. The van der Waals surface area contributed by atoms with Crippen LogP contribution in [0.5, 0.6) is 0 Å². The summed E-state index contributed by atoms with van der Waals surface area (Å²) in [5.74, 6) is 1.45. The van der Waals surface area contributed by atoms with Gasteiger partial charge in [-0.25, -0.2) is 8.42 Å². The summed E-state index contributed by atoms with van der Waals surface area (Å²) in [6.45, 7) is 5.09. The predicted molar refractivity (Wildman–Crippen MR) is 92.7 cm³/mol. The van der Waals surface area contributed by atoms with Crippen LogP contribution in [0.1, 0.15) is 51.2 Å². The molecule has 1 amide bonds. The second-order valence-electron chi connectivity index (χ2n) is 7.95. The Morgan fingerprint density at radius 1 is 1.28 bits per heavy atom. The van der Waals surface area contributed by atoms with E-state index in [4.69, 9.17) is 4.52 Å². The molecule has 0 bridgehead atoms. The van der Waals surface area contributed by atoms with E-state index in [-0.39, 0.29) is 42.3 Å². The molecule has 1 unspecified atom stereocenters. The summed E-state index contributed by atoms with van der Waals surface area (Å²) in [7, 11) is -2.99. The lowest BCUT2D eigenvalue weighted by Crippen LogP contribution is -2.44. The molecular formula is C17H27N3O4S. The van der Waals surface area contributed by atoms with Gasteiger partial charge in [0.15, 0.2) is 15.7 Å². The van der Waals surface area contributed by atoms with Crippen LogP contribution in [0.25, 0.3) is 0 Å². The van der Waals surface area contributed by atoms with E-state index >= 15 is 0 Å². The first-order valence-electron chi connectivity index (χ1n) is 9.05. The summed E-state index contributed by atoms with van der Waals surface area (Å²) in [6.07, 6.45) is 5.73. The number of aromatic nitrogens is 2. The summed E-state index contributed by atoms with van der Waals surface area (Å²) in [5, 5.41) is 3.94. The zero-order chi connectivity index (χ0) is 18.1. The van der Waals surface area contributed by atoms with Gasteiger partial charge in [0, 0.05) is 19.5 Å². The molecule has 25 heavy (non-hydrogen) atoms. The molecule has 2 fully saturated rings. The maximum absolute atomic E-state index is 12.3. The minimum absolute atomic E-state index is 0.0347. The summed E-state index contributed by atoms with van der Waals surface area (Å²) in [5.41, 5.74) is 0.280. The standard InChI is InChI=1S/C17H27N3O4S/c1-17(2)6-4-3-5-13(17)11-15-18-14(19-24-15)12-16(21)20-7-9-25(22,23)10-8-20/h13H,3-12H2,1-2H3. The van der Waals surface area contributed by atoms with E-state index in [2.05, 4.69) is 24.0 Å². The van der Waals surface area contributed by atoms with Crippen LogP contribution in [0.4, 0.5) is 0 Å². The van der Waals surface area contributed by atoms with E-state index in [1.54, 1.807) is 4.90 Å². The van der Waals surface area contributed by atoms with Crippen LogP contribution in [0, 0.1) is 11.3 Å². The molecule has 8 heteroatoms. The molecule has 0 spiro atoms. The summed E-state index contributed by atoms with van der Waals surface area (Å²) < 4.78 is 28.2. The average molecular weight is 369 g/mol. The molecule has 1 saturated heterocycles. The Balaban J connectivity index is 1.56. The zero-order valence-corrected chi connectivity index (χ0v) is 15.8. The van der Waals surface area contributed by atoms with Crippen LogP contribution in [0.3, 0.4) is 0 Å². The van der Waals surface area contributed by atoms with Gasteiger partial charge in [-0.15, -0.1) is 0 Å². The van der Waals surface area contributed by atoms with Crippen molar-refractivity contribution in [1.29, 1.82) is 0 Å². The molecule has 1 saturated carbocycles. The van der Waals surface area contributed by atoms with E-state index in [0.717, 1.165) is 6.42 Å². The molecule has 1 aliphatic carbocycles. The Hall–Kier alpha value is -1.44. The first kappa shape index (κ1) is 18.4. The zero-order valence-electron chi connectivity index (χ0n) is 15.0. The van der Waals surface area contributed by atoms with Crippen LogP contribution in [-0.2, 0) is 27.5 Å². The van der Waals surface area contributed by atoms with Crippen molar-refractivity contribution in [2.75, 3.05) is 24.6 Å². The molecule has 1 aliphatic heterocycles. The highest BCUT2D eigenvalue weighted by Crippen LogP contribution is 2.41. The number of carbonyl (C=O) groups excluding carboxylic acids is 1. The van der Waals surface area contributed by atoms with E-state index in [9.17, 15) is 13.2 Å². The van der Waals surface area contributed by atoms with E-state index < -0.39 is 9.84 Å². The topological polar surface area (TPSA) is 93.4 Å². The van der Waals surface area contributed by atoms with Gasteiger partial charge in [-0.2, -0.15) is 4.98 Å². The molecule has 1 atom stereocenters. The molecule has 2 heterocycles. The van der Waals surface area contributed by atoms with E-state index in [1.807, 2.05) is 0 Å². The van der Waals surface area contributed by atoms with E-state index in [0.29, 0.717) is 17.6 Å². The molecule has 7 nitrogen and oxygen atoms in total. The number of carbonyl (C=O) groups is 1. The number of hydrogen-bond donors (Lipinski definition) is 0. The molecule has 140 valence electrons. The summed E-state index contributed by atoms with van der Waals surface area (Å²) >= 11 is 0. The number of amides is 1. The second kappa shape index (κ2) is 7.05. The maximum Gasteiger partial charge on any atom is 0.230 e. The third-order valence-electron chi connectivity index (χ3n) is 5.67. The smallest absolute Gasteiger partial charge is 0.230 e. The molecule has 0 N–H and O–H groups in total. The molecule has 1 aromatic rings. The molecule has 3 rings (SSSR count). The van der Waals surface area contributed by atoms with E-state index in [1.165, 1.54) is 25.7 Å². The minimum Gasteiger partial charge on any atom is -0.340 e. The first-order valence-corrected chi connectivity index (χ1v) is 10.9. The normalized spacial score (nSPS) is 25.7. The molecule has 0 radical (unpaired) electrons. The van der Waals surface area contributed by atoms with Gasteiger partial charge in [-0.3, -0.25) is 4.79 Å². The van der Waals surface area contributed by atoms with Gasteiger partial charge in [-0.05, 0) is 24.2 Å². The number of sulfone groups is 1. The van der Waals surface area contributed by atoms with Gasteiger partial charge in [0.2, 0.25) is 11.8 Å². The Labute approximate surface area is 149 Å². The lowest BCUT2D eigenvalue weighted by Gasteiger charge is -2.38. The third kappa shape index (κ3) is 4.59. The van der Waals surface area contributed by atoms with Gasteiger partial charge in [0.05, 0.1) is 17.9 Å². The highest BCUT2D eigenvalue weighted by molar-refractivity contribution is 7.91. The maximum atomic E-state index is 12.3. The Bertz CT molecular complexity index is 712. The van der Waals surface area contributed by atoms with Gasteiger partial charge in [0.1, 0.15) is 0 Å². The van der Waals surface area contributed by atoms with Crippen molar-refractivity contribution < 1.29 is 17.7 Å². The van der Waals surface area contributed by atoms with Crippen LogP contribution in [-0.4, -0.2) is 54.0 Å². The van der Waals surface area contributed by atoms with Crippen LogP contribution in [0.2, 0.25) is 0 Å². The first-order chi connectivity index (χ1) is 11.8.